The Morgan fingerprint density at radius 2 is 1.36 bits per heavy atom. The summed E-state index contributed by atoms with van der Waals surface area (Å²) in [4.78, 5) is 56.4. The highest BCUT2D eigenvalue weighted by Crippen LogP contribution is 2.58. The van der Waals surface area contributed by atoms with Crippen molar-refractivity contribution in [3.63, 3.8) is 0 Å². The number of carbonyl (C=O) groups excluding carboxylic acids is 4. The summed E-state index contributed by atoms with van der Waals surface area (Å²) in [7, 11) is 2.97. The van der Waals surface area contributed by atoms with Crippen molar-refractivity contribution in [3.8, 4) is 11.5 Å². The van der Waals surface area contributed by atoms with E-state index in [9.17, 15) is 19.2 Å². The van der Waals surface area contributed by atoms with Crippen LogP contribution in [-0.2, 0) is 14.3 Å². The molecule has 2 amide bonds. The number of para-hydroxylation sites is 1. The van der Waals surface area contributed by atoms with Crippen molar-refractivity contribution in [2.24, 2.45) is 11.8 Å². The number of anilines is 1. The van der Waals surface area contributed by atoms with E-state index in [0.29, 0.717) is 22.7 Å². The molecule has 8 heteroatoms. The van der Waals surface area contributed by atoms with Gasteiger partial charge in [-0.15, -0.1) is 0 Å². The Balaban J connectivity index is 1.54. The Labute approximate surface area is 206 Å². The molecule has 0 unspecified atom stereocenters. The van der Waals surface area contributed by atoms with Crippen LogP contribution >= 0.6 is 0 Å². The van der Waals surface area contributed by atoms with E-state index >= 15 is 0 Å². The van der Waals surface area contributed by atoms with E-state index in [-0.39, 0.29) is 11.1 Å². The van der Waals surface area contributed by atoms with E-state index in [2.05, 4.69) is 0 Å². The number of rotatable bonds is 4. The first-order valence-electron chi connectivity index (χ1n) is 11.4. The van der Waals surface area contributed by atoms with Gasteiger partial charge in [-0.2, -0.15) is 0 Å². The molecule has 1 spiro atoms. The van der Waals surface area contributed by atoms with Crippen molar-refractivity contribution in [1.82, 2.24) is 0 Å². The average Bonchev–Trinajstić information content (AvgIpc) is 3.48. The van der Waals surface area contributed by atoms with Crippen LogP contribution in [0.1, 0.15) is 32.4 Å². The minimum atomic E-state index is -2.12. The lowest BCUT2D eigenvalue weighted by Gasteiger charge is -2.27. The van der Waals surface area contributed by atoms with Crippen molar-refractivity contribution in [1.29, 1.82) is 0 Å². The lowest BCUT2D eigenvalue weighted by atomic mass is 9.77. The van der Waals surface area contributed by atoms with Crippen LogP contribution in [0, 0.1) is 11.8 Å². The maximum Gasteiger partial charge on any atom is 0.241 e. The number of methoxy groups -OCH3 is 2. The van der Waals surface area contributed by atoms with Gasteiger partial charge in [0, 0.05) is 11.1 Å². The summed E-state index contributed by atoms with van der Waals surface area (Å²) in [5.41, 5.74) is -0.881. The van der Waals surface area contributed by atoms with E-state index in [1.165, 1.54) is 14.2 Å². The fraction of sp³-hybridized carbons (Fsp3) is 0.214. The Morgan fingerprint density at radius 1 is 0.750 bits per heavy atom. The zero-order chi connectivity index (χ0) is 25.2. The summed E-state index contributed by atoms with van der Waals surface area (Å²) >= 11 is 0. The van der Waals surface area contributed by atoms with Gasteiger partial charge in [0.15, 0.2) is 11.5 Å². The molecule has 0 aromatic heterocycles. The maximum absolute atomic E-state index is 13.9. The number of hydrogen-bond donors (Lipinski definition) is 0. The second kappa shape index (κ2) is 7.86. The third-order valence-electron chi connectivity index (χ3n) is 7.27. The van der Waals surface area contributed by atoms with Crippen LogP contribution in [0.3, 0.4) is 0 Å². The predicted octanol–water partition coefficient (Wildman–Crippen LogP) is 3.40. The van der Waals surface area contributed by atoms with E-state index in [4.69, 9.17) is 14.2 Å². The molecule has 0 saturated carbocycles. The topological polar surface area (TPSA) is 99.2 Å². The zero-order valence-electron chi connectivity index (χ0n) is 19.5. The van der Waals surface area contributed by atoms with E-state index in [1.54, 1.807) is 72.8 Å². The van der Waals surface area contributed by atoms with Crippen LogP contribution in [0.5, 0.6) is 11.5 Å². The third kappa shape index (κ3) is 2.73. The summed E-state index contributed by atoms with van der Waals surface area (Å²) in [6.07, 6.45) is -1.04. The molecule has 2 aliphatic heterocycles. The van der Waals surface area contributed by atoms with Crippen molar-refractivity contribution in [2.45, 2.75) is 11.7 Å². The van der Waals surface area contributed by atoms with E-state index in [1.807, 2.05) is 0 Å². The molecule has 8 nitrogen and oxygen atoms in total. The fourth-order valence-corrected chi connectivity index (χ4v) is 5.68. The predicted molar refractivity (Wildman–Crippen MR) is 127 cm³/mol. The third-order valence-corrected chi connectivity index (χ3v) is 7.27. The van der Waals surface area contributed by atoms with Crippen LogP contribution in [0.2, 0.25) is 0 Å². The first kappa shape index (κ1) is 22.2. The van der Waals surface area contributed by atoms with Crippen molar-refractivity contribution in [3.05, 3.63) is 89.5 Å². The quantitative estimate of drug-likeness (QED) is 0.414. The van der Waals surface area contributed by atoms with Gasteiger partial charge in [0.2, 0.25) is 29.0 Å². The summed E-state index contributed by atoms with van der Waals surface area (Å²) in [5.74, 6) is -3.90. The normalized spacial score (nSPS) is 23.8. The van der Waals surface area contributed by atoms with Gasteiger partial charge in [0.05, 0.1) is 37.8 Å². The Morgan fingerprint density at radius 3 is 1.97 bits per heavy atom. The molecule has 2 fully saturated rings. The second-order valence-corrected chi connectivity index (χ2v) is 8.94. The summed E-state index contributed by atoms with van der Waals surface area (Å²) in [6, 6.07) is 19.8. The molecule has 0 radical (unpaired) electrons. The number of benzene rings is 3. The molecule has 36 heavy (non-hydrogen) atoms. The van der Waals surface area contributed by atoms with Gasteiger partial charge in [-0.3, -0.25) is 19.2 Å². The second-order valence-electron chi connectivity index (χ2n) is 8.94. The van der Waals surface area contributed by atoms with Crippen LogP contribution in [-0.4, -0.2) is 43.2 Å². The van der Waals surface area contributed by atoms with Gasteiger partial charge in [-0.1, -0.05) is 48.5 Å². The maximum atomic E-state index is 13.9. The summed E-state index contributed by atoms with van der Waals surface area (Å²) < 4.78 is 17.0. The van der Waals surface area contributed by atoms with Crippen molar-refractivity contribution in [2.75, 3.05) is 19.1 Å². The monoisotopic (exact) mass is 483 g/mol. The van der Waals surface area contributed by atoms with Crippen molar-refractivity contribution >= 4 is 29.1 Å². The van der Waals surface area contributed by atoms with E-state index in [0.717, 1.165) is 4.90 Å². The van der Waals surface area contributed by atoms with Gasteiger partial charge >= 0.3 is 0 Å². The minimum Gasteiger partial charge on any atom is -0.493 e. The van der Waals surface area contributed by atoms with Crippen LogP contribution in [0.25, 0.3) is 0 Å². The van der Waals surface area contributed by atoms with Crippen molar-refractivity contribution < 1.29 is 33.4 Å². The Bertz CT molecular complexity index is 1410. The molecule has 2 heterocycles. The highest BCUT2D eigenvalue weighted by molar-refractivity contribution is 6.37. The lowest BCUT2D eigenvalue weighted by Crippen LogP contribution is -2.51. The zero-order valence-corrected chi connectivity index (χ0v) is 19.5. The van der Waals surface area contributed by atoms with Crippen LogP contribution < -0.4 is 14.4 Å². The molecule has 3 aliphatic rings. The Hall–Kier alpha value is -4.30. The molecule has 3 atom stereocenters. The highest BCUT2D eigenvalue weighted by atomic mass is 16.5. The standard InChI is InChI=1S/C28H21NO7/c1-34-19-13-12-15(14-20(19)35-2)23-21-22(27(33)29(26(21)32)16-8-4-3-5-9-16)28(36-23)24(30)17-10-6-7-11-18(17)25(28)31/h3-14,21-23H,1-2H3/t21-,22+,23-/m0/s1. The van der Waals surface area contributed by atoms with Crippen LogP contribution in [0.15, 0.2) is 72.8 Å². The van der Waals surface area contributed by atoms with Gasteiger partial charge in [0.25, 0.3) is 0 Å². The summed E-state index contributed by atoms with van der Waals surface area (Å²) in [6.45, 7) is 0. The first-order chi connectivity index (χ1) is 17.4. The molecule has 3 aromatic carbocycles. The number of fused-ring (bicyclic) bond motifs is 3. The smallest absolute Gasteiger partial charge is 0.241 e. The van der Waals surface area contributed by atoms with Gasteiger partial charge < -0.3 is 14.2 Å². The molecule has 6 rings (SSSR count). The number of imide groups is 1. The lowest BCUT2D eigenvalue weighted by molar-refractivity contribution is -0.127. The van der Waals surface area contributed by atoms with Gasteiger partial charge in [0.1, 0.15) is 0 Å². The molecular formula is C28H21NO7. The van der Waals surface area contributed by atoms with Gasteiger partial charge in [-0.05, 0) is 29.8 Å². The molecule has 0 bridgehead atoms. The molecule has 3 aromatic rings. The SMILES string of the molecule is COc1ccc([C@@H]2OC3(C(=O)c4ccccc4C3=O)[C@H]3C(=O)N(c4ccccc4)C(=O)[C@H]23)cc1OC. The van der Waals surface area contributed by atoms with Gasteiger partial charge in [-0.25, -0.2) is 4.90 Å². The van der Waals surface area contributed by atoms with E-state index < -0.39 is 46.9 Å². The number of hydrogen-bond acceptors (Lipinski definition) is 7. The number of carbonyl (C=O) groups is 4. The Kier molecular flexibility index (Phi) is 4.84. The number of ketones is 2. The molecule has 1 aliphatic carbocycles. The number of ether oxygens (including phenoxy) is 3. The number of nitrogens with zero attached hydrogens (tertiary/aromatic N) is 1. The summed E-state index contributed by atoms with van der Waals surface area (Å²) in [5, 5.41) is 0. The molecule has 2 saturated heterocycles. The highest BCUT2D eigenvalue weighted by Gasteiger charge is 2.74. The average molecular weight is 483 g/mol. The van der Waals surface area contributed by atoms with Crippen LogP contribution in [0.4, 0.5) is 5.69 Å². The number of amides is 2. The first-order valence-corrected chi connectivity index (χ1v) is 11.4. The molecule has 180 valence electrons. The molecular weight excluding hydrogens is 462 g/mol. The number of Topliss-reactive ketones (excluding diaryl/α,β-unsaturated/α-hetero) is 2. The largest absolute Gasteiger partial charge is 0.493 e. The minimum absolute atomic E-state index is 0.188. The fourth-order valence-electron chi connectivity index (χ4n) is 5.68. The molecule has 0 N–H and O–H groups in total.